The molecule has 0 saturated heterocycles. The zero-order valence-corrected chi connectivity index (χ0v) is 16.9. The molecule has 0 spiro atoms. The predicted octanol–water partition coefficient (Wildman–Crippen LogP) is 6.10. The number of rotatable bonds is 7. The zero-order valence-electron chi connectivity index (χ0n) is 15.3. The lowest BCUT2D eigenvalue weighted by atomic mass is 9.97. The fourth-order valence-electron chi connectivity index (χ4n) is 2.88. The van der Waals surface area contributed by atoms with Crippen LogP contribution in [0.4, 0.5) is 0 Å². The van der Waals surface area contributed by atoms with E-state index in [9.17, 15) is 4.79 Å². The topological polar surface area (TPSA) is 29.1 Å². The van der Waals surface area contributed by atoms with Crippen molar-refractivity contribution in [2.24, 2.45) is 0 Å². The minimum absolute atomic E-state index is 0.0490. The average Bonchev–Trinajstić information content (AvgIpc) is 2.59. The first-order valence-corrected chi connectivity index (χ1v) is 10.00. The third-order valence-corrected chi connectivity index (χ3v) is 5.91. The molecule has 1 N–H and O–H groups in total. The normalized spacial score (nSPS) is 13.3. The number of carbonyl (C=O) groups excluding carboxylic acids is 1. The highest BCUT2D eigenvalue weighted by Crippen LogP contribution is 2.28. The van der Waals surface area contributed by atoms with Gasteiger partial charge in [0.25, 0.3) is 0 Å². The highest BCUT2D eigenvalue weighted by Gasteiger charge is 2.22. The highest BCUT2D eigenvalue weighted by molar-refractivity contribution is 8.00. The molecular weight excluding hydrogens is 350 g/mol. The Balaban J connectivity index is 2.09. The van der Waals surface area contributed by atoms with Gasteiger partial charge in [-0.25, -0.2) is 0 Å². The number of nitrogens with one attached hydrogen (secondary N) is 1. The number of carbonyl (C=O) groups is 1. The predicted molar refractivity (Wildman–Crippen MR) is 108 cm³/mol. The molecule has 25 heavy (non-hydrogen) atoms. The van der Waals surface area contributed by atoms with Gasteiger partial charge in [0.2, 0.25) is 5.91 Å². The molecule has 0 bridgehead atoms. The van der Waals surface area contributed by atoms with Crippen molar-refractivity contribution in [1.29, 1.82) is 0 Å². The van der Waals surface area contributed by atoms with Crippen LogP contribution in [0, 0.1) is 13.8 Å². The van der Waals surface area contributed by atoms with E-state index in [2.05, 4.69) is 44.3 Å². The summed E-state index contributed by atoms with van der Waals surface area (Å²) in [5, 5.41) is 3.84. The van der Waals surface area contributed by atoms with Gasteiger partial charge in [-0.3, -0.25) is 4.79 Å². The molecule has 0 aliphatic heterocycles. The summed E-state index contributed by atoms with van der Waals surface area (Å²) in [7, 11) is 0. The Morgan fingerprint density at radius 1 is 1.08 bits per heavy atom. The van der Waals surface area contributed by atoms with Crippen LogP contribution in [-0.4, -0.2) is 11.2 Å². The standard InChI is InChI=1S/C21H26ClNOS/c1-5-19(18-12-7-14(3)13-15(18)4)23-21(24)20(6-2)25-17-10-8-16(22)9-11-17/h7-13,19-20H,5-6H2,1-4H3,(H,23,24)/t19-,20-/m1/s1. The molecule has 0 heterocycles. The van der Waals surface area contributed by atoms with Crippen LogP contribution < -0.4 is 5.32 Å². The van der Waals surface area contributed by atoms with Crippen LogP contribution in [0.15, 0.2) is 47.4 Å². The Labute approximate surface area is 160 Å². The van der Waals surface area contributed by atoms with E-state index in [1.165, 1.54) is 16.7 Å². The van der Waals surface area contributed by atoms with Crippen molar-refractivity contribution in [2.75, 3.05) is 0 Å². The van der Waals surface area contributed by atoms with Crippen LogP contribution in [0.3, 0.4) is 0 Å². The van der Waals surface area contributed by atoms with Crippen molar-refractivity contribution in [1.82, 2.24) is 5.32 Å². The molecule has 0 aromatic heterocycles. The number of thioether (sulfide) groups is 1. The van der Waals surface area contributed by atoms with Crippen molar-refractivity contribution in [3.63, 3.8) is 0 Å². The van der Waals surface area contributed by atoms with Crippen LogP contribution in [0.5, 0.6) is 0 Å². The molecule has 0 unspecified atom stereocenters. The highest BCUT2D eigenvalue weighted by atomic mass is 35.5. The lowest BCUT2D eigenvalue weighted by Crippen LogP contribution is -2.35. The van der Waals surface area contributed by atoms with Crippen LogP contribution >= 0.6 is 23.4 Å². The van der Waals surface area contributed by atoms with Gasteiger partial charge < -0.3 is 5.32 Å². The van der Waals surface area contributed by atoms with Gasteiger partial charge in [-0.15, -0.1) is 11.8 Å². The van der Waals surface area contributed by atoms with Crippen LogP contribution in [0.25, 0.3) is 0 Å². The molecule has 0 radical (unpaired) electrons. The molecule has 2 atom stereocenters. The van der Waals surface area contributed by atoms with E-state index in [4.69, 9.17) is 11.6 Å². The molecule has 2 aromatic rings. The lowest BCUT2D eigenvalue weighted by molar-refractivity contribution is -0.121. The monoisotopic (exact) mass is 375 g/mol. The summed E-state index contributed by atoms with van der Waals surface area (Å²) in [4.78, 5) is 13.9. The van der Waals surface area contributed by atoms with E-state index in [0.717, 1.165) is 17.7 Å². The summed E-state index contributed by atoms with van der Waals surface area (Å²) in [5.41, 5.74) is 3.67. The van der Waals surface area contributed by atoms with Gasteiger partial charge in [0.1, 0.15) is 0 Å². The first-order valence-electron chi connectivity index (χ1n) is 8.74. The van der Waals surface area contributed by atoms with Gasteiger partial charge in [0.05, 0.1) is 11.3 Å². The summed E-state index contributed by atoms with van der Waals surface area (Å²) in [5.74, 6) is 0.0919. The molecule has 0 aliphatic carbocycles. The molecule has 2 aromatic carbocycles. The molecule has 0 aliphatic rings. The Hall–Kier alpha value is -1.45. The fraction of sp³-hybridized carbons (Fsp3) is 0.381. The summed E-state index contributed by atoms with van der Waals surface area (Å²) in [6.45, 7) is 8.35. The Morgan fingerprint density at radius 2 is 1.76 bits per heavy atom. The molecule has 0 saturated carbocycles. The quantitative estimate of drug-likeness (QED) is 0.593. The second-order valence-electron chi connectivity index (χ2n) is 6.30. The van der Waals surface area contributed by atoms with E-state index < -0.39 is 0 Å². The minimum atomic E-state index is -0.110. The summed E-state index contributed by atoms with van der Waals surface area (Å²) < 4.78 is 0. The van der Waals surface area contributed by atoms with Crippen molar-refractivity contribution in [2.45, 2.75) is 56.7 Å². The maximum Gasteiger partial charge on any atom is 0.233 e. The number of halogens is 1. The SMILES string of the molecule is CC[C@@H](Sc1ccc(Cl)cc1)C(=O)N[C@H](CC)c1ccc(C)cc1C. The van der Waals surface area contributed by atoms with Crippen LogP contribution in [0.2, 0.25) is 5.02 Å². The van der Waals surface area contributed by atoms with Crippen molar-refractivity contribution in [3.05, 3.63) is 64.2 Å². The van der Waals surface area contributed by atoms with E-state index in [1.807, 2.05) is 31.2 Å². The molecule has 134 valence electrons. The maximum absolute atomic E-state index is 12.8. The van der Waals surface area contributed by atoms with Gasteiger partial charge >= 0.3 is 0 Å². The number of aryl methyl sites for hydroxylation is 2. The molecule has 2 rings (SSSR count). The van der Waals surface area contributed by atoms with Gasteiger partial charge in [-0.1, -0.05) is 49.2 Å². The molecule has 4 heteroatoms. The van der Waals surface area contributed by atoms with E-state index in [0.29, 0.717) is 5.02 Å². The third kappa shape index (κ3) is 5.52. The largest absolute Gasteiger partial charge is 0.348 e. The maximum atomic E-state index is 12.8. The van der Waals surface area contributed by atoms with Gasteiger partial charge in [-0.2, -0.15) is 0 Å². The van der Waals surface area contributed by atoms with Gasteiger partial charge in [-0.05, 0) is 62.1 Å². The fourth-order valence-corrected chi connectivity index (χ4v) is 3.97. The zero-order chi connectivity index (χ0) is 18.4. The van der Waals surface area contributed by atoms with E-state index >= 15 is 0 Å². The number of amides is 1. The van der Waals surface area contributed by atoms with Crippen LogP contribution in [0.1, 0.15) is 49.4 Å². The Morgan fingerprint density at radius 3 is 2.32 bits per heavy atom. The van der Waals surface area contributed by atoms with Crippen LogP contribution in [-0.2, 0) is 4.79 Å². The van der Waals surface area contributed by atoms with Gasteiger partial charge in [0.15, 0.2) is 0 Å². The summed E-state index contributed by atoms with van der Waals surface area (Å²) >= 11 is 7.53. The lowest BCUT2D eigenvalue weighted by Gasteiger charge is -2.23. The molecule has 2 nitrogen and oxygen atoms in total. The molecule has 0 fully saturated rings. The van der Waals surface area contributed by atoms with E-state index in [1.54, 1.807) is 11.8 Å². The summed E-state index contributed by atoms with van der Waals surface area (Å²) in [6, 6.07) is 14.1. The van der Waals surface area contributed by atoms with Crippen molar-refractivity contribution >= 4 is 29.3 Å². The second-order valence-corrected chi connectivity index (χ2v) is 8.01. The second kappa shape index (κ2) is 9.30. The number of benzene rings is 2. The van der Waals surface area contributed by atoms with E-state index in [-0.39, 0.29) is 17.2 Å². The Bertz CT molecular complexity index is 714. The Kier molecular flexibility index (Phi) is 7.39. The van der Waals surface area contributed by atoms with Crippen molar-refractivity contribution < 1.29 is 4.79 Å². The van der Waals surface area contributed by atoms with Gasteiger partial charge in [0, 0.05) is 9.92 Å². The first-order chi connectivity index (χ1) is 11.9. The summed E-state index contributed by atoms with van der Waals surface area (Å²) in [6.07, 6.45) is 1.65. The molecular formula is C21H26ClNOS. The number of hydrogen-bond acceptors (Lipinski definition) is 2. The number of hydrogen-bond donors (Lipinski definition) is 1. The van der Waals surface area contributed by atoms with Crippen molar-refractivity contribution in [3.8, 4) is 0 Å². The third-order valence-electron chi connectivity index (χ3n) is 4.28. The first kappa shape index (κ1) is 19.9. The molecule has 1 amide bonds. The smallest absolute Gasteiger partial charge is 0.233 e. The minimum Gasteiger partial charge on any atom is -0.348 e. The average molecular weight is 376 g/mol.